The second-order valence-electron chi connectivity index (χ2n) is 4.59. The Morgan fingerprint density at radius 1 is 1.29 bits per heavy atom. The number of hydrogen-bond donors (Lipinski definition) is 0. The van der Waals surface area contributed by atoms with E-state index in [2.05, 4.69) is 48.0 Å². The van der Waals surface area contributed by atoms with Gasteiger partial charge in [0, 0.05) is 10.7 Å². The van der Waals surface area contributed by atoms with E-state index in [1.165, 1.54) is 30.4 Å². The molecule has 0 spiro atoms. The van der Waals surface area contributed by atoms with Crippen molar-refractivity contribution >= 4 is 15.9 Å². The van der Waals surface area contributed by atoms with Crippen molar-refractivity contribution in [1.29, 1.82) is 0 Å². The first-order valence-corrected chi connectivity index (χ1v) is 6.44. The van der Waals surface area contributed by atoms with Gasteiger partial charge in [0.05, 0.1) is 0 Å². The van der Waals surface area contributed by atoms with Crippen LogP contribution in [0, 0.1) is 13.8 Å². The molecule has 2 rings (SSSR count). The minimum atomic E-state index is 0.454. The summed E-state index contributed by atoms with van der Waals surface area (Å²) in [6.45, 7) is 4.42. The maximum Gasteiger partial charge on any atom is 0.0129 e. The molecular weight excluding hydrogens is 236 g/mol. The van der Waals surface area contributed by atoms with Gasteiger partial charge in [-0.3, -0.25) is 0 Å². The maximum atomic E-state index is 3.68. The van der Waals surface area contributed by atoms with E-state index in [0.717, 1.165) is 5.33 Å². The lowest BCUT2D eigenvalue weighted by molar-refractivity contribution is 0.279. The highest BCUT2D eigenvalue weighted by molar-refractivity contribution is 9.09. The van der Waals surface area contributed by atoms with Crippen LogP contribution in [0.4, 0.5) is 0 Å². The van der Waals surface area contributed by atoms with Gasteiger partial charge < -0.3 is 0 Å². The fraction of sp³-hybridized carbons (Fsp3) is 0.538. The fourth-order valence-corrected chi connectivity index (χ4v) is 3.25. The van der Waals surface area contributed by atoms with Gasteiger partial charge >= 0.3 is 0 Å². The Kier molecular flexibility index (Phi) is 2.70. The molecule has 1 aromatic carbocycles. The smallest absolute Gasteiger partial charge is 0.0129 e. The molecular formula is C13H17Br. The highest BCUT2D eigenvalue weighted by atomic mass is 79.9. The van der Waals surface area contributed by atoms with Crippen molar-refractivity contribution in [2.45, 2.75) is 38.5 Å². The van der Waals surface area contributed by atoms with Gasteiger partial charge in [0.1, 0.15) is 0 Å². The molecule has 1 aliphatic carbocycles. The van der Waals surface area contributed by atoms with Crippen LogP contribution >= 0.6 is 15.9 Å². The number of alkyl halides is 1. The van der Waals surface area contributed by atoms with Crippen LogP contribution < -0.4 is 0 Å². The average molecular weight is 253 g/mol. The second kappa shape index (κ2) is 3.69. The molecule has 0 amide bonds. The van der Waals surface area contributed by atoms with Crippen LogP contribution in [-0.4, -0.2) is 5.33 Å². The van der Waals surface area contributed by atoms with Crippen molar-refractivity contribution in [2.75, 3.05) is 5.33 Å². The van der Waals surface area contributed by atoms with Crippen LogP contribution in [0.15, 0.2) is 18.2 Å². The Bertz CT molecular complexity index is 332. The third-order valence-corrected chi connectivity index (χ3v) is 4.60. The molecule has 0 aliphatic heterocycles. The Morgan fingerprint density at radius 2 is 2.00 bits per heavy atom. The predicted octanol–water partition coefficient (Wildman–Crippen LogP) is 4.12. The summed E-state index contributed by atoms with van der Waals surface area (Å²) in [5, 5.41) is 1.12. The van der Waals surface area contributed by atoms with Gasteiger partial charge in [-0.05, 0) is 37.8 Å². The molecule has 76 valence electrons. The summed E-state index contributed by atoms with van der Waals surface area (Å²) in [7, 11) is 0. The molecule has 14 heavy (non-hydrogen) atoms. The van der Waals surface area contributed by atoms with Crippen LogP contribution in [0.25, 0.3) is 0 Å². The van der Waals surface area contributed by atoms with Gasteiger partial charge in [0.2, 0.25) is 0 Å². The summed E-state index contributed by atoms with van der Waals surface area (Å²) in [6.07, 6.45) is 4.09. The molecule has 0 unspecified atom stereocenters. The van der Waals surface area contributed by atoms with E-state index in [-0.39, 0.29) is 0 Å². The van der Waals surface area contributed by atoms with Crippen molar-refractivity contribution in [3.63, 3.8) is 0 Å². The summed E-state index contributed by atoms with van der Waals surface area (Å²) < 4.78 is 0. The van der Waals surface area contributed by atoms with Gasteiger partial charge in [-0.1, -0.05) is 46.1 Å². The summed E-state index contributed by atoms with van der Waals surface area (Å²) in [4.78, 5) is 0. The van der Waals surface area contributed by atoms with Crippen LogP contribution in [0.1, 0.15) is 36.0 Å². The number of halogens is 1. The molecule has 0 nitrogen and oxygen atoms in total. The maximum absolute atomic E-state index is 3.68. The van der Waals surface area contributed by atoms with Crippen molar-refractivity contribution in [3.8, 4) is 0 Å². The topological polar surface area (TPSA) is 0 Å². The third kappa shape index (κ3) is 1.52. The quantitative estimate of drug-likeness (QED) is 0.695. The van der Waals surface area contributed by atoms with Crippen LogP contribution in [-0.2, 0) is 5.41 Å². The number of benzene rings is 1. The number of rotatable bonds is 2. The zero-order valence-corrected chi connectivity index (χ0v) is 10.5. The Morgan fingerprint density at radius 3 is 2.50 bits per heavy atom. The van der Waals surface area contributed by atoms with Crippen molar-refractivity contribution in [1.82, 2.24) is 0 Å². The third-order valence-electron chi connectivity index (χ3n) is 3.53. The summed E-state index contributed by atoms with van der Waals surface area (Å²) >= 11 is 3.68. The summed E-state index contributed by atoms with van der Waals surface area (Å²) in [5.41, 5.74) is 4.86. The first-order valence-electron chi connectivity index (χ1n) is 5.32. The van der Waals surface area contributed by atoms with E-state index in [1.807, 2.05) is 0 Å². The minimum Gasteiger partial charge on any atom is -0.0918 e. The molecule has 1 heteroatoms. The monoisotopic (exact) mass is 252 g/mol. The Balaban J connectivity index is 2.43. The van der Waals surface area contributed by atoms with Gasteiger partial charge in [-0.25, -0.2) is 0 Å². The lowest BCUT2D eigenvalue weighted by Gasteiger charge is -2.42. The average Bonchev–Trinajstić information content (AvgIpc) is 2.10. The molecule has 0 aromatic heterocycles. The molecule has 1 saturated carbocycles. The van der Waals surface area contributed by atoms with E-state index >= 15 is 0 Å². The highest BCUT2D eigenvalue weighted by Crippen LogP contribution is 2.46. The number of aryl methyl sites for hydroxylation is 2. The molecule has 0 saturated heterocycles. The van der Waals surface area contributed by atoms with Gasteiger partial charge in [-0.2, -0.15) is 0 Å². The molecule has 0 N–H and O–H groups in total. The minimum absolute atomic E-state index is 0.454. The molecule has 0 radical (unpaired) electrons. The van der Waals surface area contributed by atoms with E-state index < -0.39 is 0 Å². The number of hydrogen-bond acceptors (Lipinski definition) is 0. The summed E-state index contributed by atoms with van der Waals surface area (Å²) in [6, 6.07) is 6.84. The van der Waals surface area contributed by atoms with Gasteiger partial charge in [0.15, 0.2) is 0 Å². The van der Waals surface area contributed by atoms with E-state index in [0.29, 0.717) is 5.41 Å². The van der Waals surface area contributed by atoms with Gasteiger partial charge in [-0.15, -0.1) is 0 Å². The normalized spacial score (nSPS) is 19.1. The fourth-order valence-electron chi connectivity index (χ4n) is 2.39. The lowest BCUT2D eigenvalue weighted by Crippen LogP contribution is -2.36. The standard InChI is InChI=1S/C13H17Br/c1-10-4-5-11(2)12(8-10)13(9-14)6-3-7-13/h4-5,8H,3,6-7,9H2,1-2H3. The van der Waals surface area contributed by atoms with Crippen LogP contribution in [0.5, 0.6) is 0 Å². The molecule has 1 aliphatic rings. The Labute approximate surface area is 94.8 Å². The second-order valence-corrected chi connectivity index (χ2v) is 5.15. The zero-order valence-electron chi connectivity index (χ0n) is 8.94. The van der Waals surface area contributed by atoms with Crippen molar-refractivity contribution < 1.29 is 0 Å². The highest BCUT2D eigenvalue weighted by Gasteiger charge is 2.38. The van der Waals surface area contributed by atoms with Crippen molar-refractivity contribution in [3.05, 3.63) is 34.9 Å². The SMILES string of the molecule is Cc1ccc(C)c(C2(CBr)CCC2)c1. The largest absolute Gasteiger partial charge is 0.0918 e. The molecule has 0 heterocycles. The predicted molar refractivity (Wildman–Crippen MR) is 65.2 cm³/mol. The summed E-state index contributed by atoms with van der Waals surface area (Å²) in [5.74, 6) is 0. The molecule has 0 atom stereocenters. The van der Waals surface area contributed by atoms with Gasteiger partial charge in [0.25, 0.3) is 0 Å². The lowest BCUT2D eigenvalue weighted by atomic mass is 9.65. The van der Waals surface area contributed by atoms with Crippen LogP contribution in [0.3, 0.4) is 0 Å². The first-order chi connectivity index (χ1) is 6.68. The molecule has 1 fully saturated rings. The molecule has 1 aromatic rings. The molecule has 0 bridgehead atoms. The van der Waals surface area contributed by atoms with E-state index in [9.17, 15) is 0 Å². The van der Waals surface area contributed by atoms with E-state index in [1.54, 1.807) is 5.56 Å². The first kappa shape index (κ1) is 10.2. The van der Waals surface area contributed by atoms with Crippen molar-refractivity contribution in [2.24, 2.45) is 0 Å². The zero-order chi connectivity index (χ0) is 10.2. The Hall–Kier alpha value is -0.300. The van der Waals surface area contributed by atoms with Crippen LogP contribution in [0.2, 0.25) is 0 Å². The van der Waals surface area contributed by atoms with E-state index in [4.69, 9.17) is 0 Å².